The Bertz CT molecular complexity index is 549. The van der Waals surface area contributed by atoms with E-state index >= 15 is 0 Å². The van der Waals surface area contributed by atoms with E-state index in [0.717, 1.165) is 24.8 Å². The van der Waals surface area contributed by atoms with Gasteiger partial charge in [0.15, 0.2) is 0 Å². The highest BCUT2D eigenvalue weighted by molar-refractivity contribution is 5.96. The number of nitrogens with one attached hydrogen (secondary N) is 1. The van der Waals surface area contributed by atoms with E-state index in [9.17, 15) is 9.18 Å². The van der Waals surface area contributed by atoms with E-state index in [2.05, 4.69) is 10.3 Å². The molecule has 0 unspecified atom stereocenters. The molecule has 0 saturated heterocycles. The lowest BCUT2D eigenvalue weighted by Gasteiger charge is -2.50. The number of carbonyl (C=O) groups is 1. The van der Waals surface area contributed by atoms with E-state index in [1.165, 1.54) is 7.11 Å². The third-order valence-electron chi connectivity index (χ3n) is 5.07. The van der Waals surface area contributed by atoms with E-state index in [0.29, 0.717) is 30.7 Å². The molecule has 4 nitrogen and oxygen atoms in total. The summed E-state index contributed by atoms with van der Waals surface area (Å²) in [6.07, 6.45) is 5.52. The summed E-state index contributed by atoms with van der Waals surface area (Å²) in [6.45, 7) is 1.85. The number of methoxy groups -OCH3 is 1. The molecule has 3 saturated carbocycles. The number of halogens is 1. The minimum atomic E-state index is -0.984. The van der Waals surface area contributed by atoms with Gasteiger partial charge in [0, 0.05) is 23.4 Å². The van der Waals surface area contributed by atoms with Crippen molar-refractivity contribution in [2.45, 2.75) is 56.7 Å². The number of hydrogen-bond acceptors (Lipinski definition) is 3. The maximum Gasteiger partial charge on any atom is 0.252 e. The highest BCUT2D eigenvalue weighted by Crippen LogP contribution is 2.49. The third-order valence-corrected chi connectivity index (χ3v) is 5.07. The summed E-state index contributed by atoms with van der Waals surface area (Å²) in [5.74, 6) is 0.319. The second kappa shape index (κ2) is 4.97. The van der Waals surface area contributed by atoms with Crippen LogP contribution in [0.2, 0.25) is 0 Å². The molecule has 2 bridgehead atoms. The van der Waals surface area contributed by atoms with Gasteiger partial charge in [0.2, 0.25) is 5.88 Å². The lowest BCUT2D eigenvalue weighted by molar-refractivity contribution is -0.00652. The van der Waals surface area contributed by atoms with Crippen LogP contribution in [0.4, 0.5) is 4.39 Å². The minimum Gasteiger partial charge on any atom is -0.481 e. The molecule has 1 heterocycles. The molecular formula is C16H21FN2O2. The van der Waals surface area contributed by atoms with Crippen molar-refractivity contribution < 1.29 is 13.9 Å². The van der Waals surface area contributed by atoms with Gasteiger partial charge in [-0.05, 0) is 51.0 Å². The molecule has 4 rings (SSSR count). The SMILES string of the molecule is COc1cc(C(=O)NC23CCC(F)(CC2)CC3)c(C)cn1. The van der Waals surface area contributed by atoms with Crippen LogP contribution in [0.3, 0.4) is 0 Å². The van der Waals surface area contributed by atoms with Gasteiger partial charge in [-0.2, -0.15) is 0 Å². The Labute approximate surface area is 124 Å². The number of hydrogen-bond donors (Lipinski definition) is 1. The molecule has 3 aliphatic carbocycles. The van der Waals surface area contributed by atoms with Crippen LogP contribution >= 0.6 is 0 Å². The Balaban J connectivity index is 1.78. The van der Waals surface area contributed by atoms with E-state index in [-0.39, 0.29) is 11.4 Å². The van der Waals surface area contributed by atoms with E-state index in [4.69, 9.17) is 4.74 Å². The number of alkyl halides is 1. The Morgan fingerprint density at radius 1 is 1.29 bits per heavy atom. The quantitative estimate of drug-likeness (QED) is 0.932. The van der Waals surface area contributed by atoms with Crippen molar-refractivity contribution in [2.75, 3.05) is 7.11 Å². The second-order valence-corrected chi connectivity index (χ2v) is 6.43. The van der Waals surface area contributed by atoms with Crippen LogP contribution in [-0.4, -0.2) is 29.2 Å². The van der Waals surface area contributed by atoms with Crippen LogP contribution in [0.5, 0.6) is 5.88 Å². The van der Waals surface area contributed by atoms with Crippen molar-refractivity contribution in [3.05, 3.63) is 23.4 Å². The summed E-state index contributed by atoms with van der Waals surface area (Å²) in [7, 11) is 1.53. The second-order valence-electron chi connectivity index (χ2n) is 6.43. The minimum absolute atomic E-state index is 0.110. The lowest BCUT2D eigenvalue weighted by atomic mass is 9.64. The van der Waals surface area contributed by atoms with Gasteiger partial charge < -0.3 is 10.1 Å². The van der Waals surface area contributed by atoms with Crippen molar-refractivity contribution in [2.24, 2.45) is 0 Å². The molecule has 5 heteroatoms. The predicted octanol–water partition coefficient (Wildman–Crippen LogP) is 2.94. The number of carbonyl (C=O) groups excluding carboxylic acids is 1. The van der Waals surface area contributed by atoms with Gasteiger partial charge >= 0.3 is 0 Å². The summed E-state index contributed by atoms with van der Waals surface area (Å²) in [5.41, 5.74) is 0.186. The summed E-state index contributed by atoms with van der Waals surface area (Å²) in [6, 6.07) is 1.66. The smallest absolute Gasteiger partial charge is 0.252 e. The predicted molar refractivity (Wildman–Crippen MR) is 77.3 cm³/mol. The molecule has 1 aromatic rings. The Morgan fingerprint density at radius 3 is 2.48 bits per heavy atom. The number of amides is 1. The molecule has 114 valence electrons. The van der Waals surface area contributed by atoms with Gasteiger partial charge in [0.05, 0.1) is 7.11 Å². The van der Waals surface area contributed by atoms with Crippen LogP contribution < -0.4 is 10.1 Å². The maximum absolute atomic E-state index is 14.2. The topological polar surface area (TPSA) is 51.2 Å². The number of fused-ring (bicyclic) bond motifs is 3. The fourth-order valence-corrected chi connectivity index (χ4v) is 3.50. The summed E-state index contributed by atoms with van der Waals surface area (Å²) in [5, 5.41) is 3.16. The molecule has 0 atom stereocenters. The van der Waals surface area contributed by atoms with Crippen molar-refractivity contribution in [3.63, 3.8) is 0 Å². The molecule has 0 aromatic carbocycles. The van der Waals surface area contributed by atoms with Crippen molar-refractivity contribution >= 4 is 5.91 Å². The van der Waals surface area contributed by atoms with Crippen molar-refractivity contribution in [3.8, 4) is 5.88 Å². The fraction of sp³-hybridized carbons (Fsp3) is 0.625. The molecule has 21 heavy (non-hydrogen) atoms. The summed E-state index contributed by atoms with van der Waals surface area (Å²) in [4.78, 5) is 16.7. The monoisotopic (exact) mass is 292 g/mol. The zero-order chi connectivity index (χ0) is 15.1. The Morgan fingerprint density at radius 2 is 1.90 bits per heavy atom. The average Bonchev–Trinajstić information content (AvgIpc) is 2.49. The van der Waals surface area contributed by atoms with Gasteiger partial charge in [-0.1, -0.05) is 0 Å². The van der Waals surface area contributed by atoms with E-state index < -0.39 is 5.67 Å². The lowest BCUT2D eigenvalue weighted by Crippen LogP contribution is -2.57. The van der Waals surface area contributed by atoms with Gasteiger partial charge in [-0.15, -0.1) is 0 Å². The van der Waals surface area contributed by atoms with Gasteiger partial charge in [-0.3, -0.25) is 4.79 Å². The Kier molecular flexibility index (Phi) is 3.38. The van der Waals surface area contributed by atoms with Gasteiger partial charge in [0.1, 0.15) is 5.67 Å². The molecule has 3 fully saturated rings. The summed E-state index contributed by atoms with van der Waals surface area (Å²) < 4.78 is 19.3. The molecular weight excluding hydrogens is 271 g/mol. The van der Waals surface area contributed by atoms with Gasteiger partial charge in [-0.25, -0.2) is 9.37 Å². The number of aromatic nitrogens is 1. The fourth-order valence-electron chi connectivity index (χ4n) is 3.50. The number of nitrogens with zero attached hydrogens (tertiary/aromatic N) is 1. The normalized spacial score (nSPS) is 31.0. The molecule has 3 aliphatic rings. The number of rotatable bonds is 3. The van der Waals surface area contributed by atoms with Crippen LogP contribution in [0.25, 0.3) is 0 Å². The van der Waals surface area contributed by atoms with Crippen molar-refractivity contribution in [1.29, 1.82) is 0 Å². The molecule has 1 N–H and O–H groups in total. The van der Waals surface area contributed by atoms with E-state index in [1.807, 2.05) is 6.92 Å². The molecule has 0 aliphatic heterocycles. The van der Waals surface area contributed by atoms with Crippen LogP contribution in [-0.2, 0) is 0 Å². The third kappa shape index (κ3) is 2.61. The molecule has 1 aromatic heterocycles. The highest BCUT2D eigenvalue weighted by Gasteiger charge is 2.49. The molecule has 0 radical (unpaired) electrons. The average molecular weight is 292 g/mol. The van der Waals surface area contributed by atoms with Crippen molar-refractivity contribution in [1.82, 2.24) is 10.3 Å². The first-order valence-electron chi connectivity index (χ1n) is 7.47. The number of aryl methyl sites for hydroxylation is 1. The molecule has 1 amide bonds. The number of pyridine rings is 1. The first kappa shape index (κ1) is 14.3. The first-order valence-corrected chi connectivity index (χ1v) is 7.47. The zero-order valence-corrected chi connectivity index (χ0v) is 12.5. The standard InChI is InChI=1S/C16H21FN2O2/c1-11-10-18-13(21-2)9-12(11)14(20)19-16-6-3-15(17,4-7-16)5-8-16/h9-10H,3-8H2,1-2H3,(H,19,20). The van der Waals surface area contributed by atoms with Crippen LogP contribution in [0.15, 0.2) is 12.3 Å². The molecule has 0 spiro atoms. The first-order chi connectivity index (χ1) is 9.95. The largest absolute Gasteiger partial charge is 0.481 e. The number of ether oxygens (including phenoxy) is 1. The summed E-state index contributed by atoms with van der Waals surface area (Å²) >= 11 is 0. The maximum atomic E-state index is 14.2. The highest BCUT2D eigenvalue weighted by atomic mass is 19.1. The zero-order valence-electron chi connectivity index (χ0n) is 12.5. The Hall–Kier alpha value is -1.65. The van der Waals surface area contributed by atoms with Crippen LogP contribution in [0.1, 0.15) is 54.4 Å². The van der Waals surface area contributed by atoms with Crippen LogP contribution in [0, 0.1) is 6.92 Å². The van der Waals surface area contributed by atoms with Gasteiger partial charge in [0.25, 0.3) is 5.91 Å². The van der Waals surface area contributed by atoms with E-state index in [1.54, 1.807) is 12.3 Å².